The van der Waals surface area contributed by atoms with Crippen molar-refractivity contribution in [1.82, 2.24) is 9.80 Å². The van der Waals surface area contributed by atoms with Crippen LogP contribution < -0.4 is 0 Å². The molecule has 0 saturated carbocycles. The van der Waals surface area contributed by atoms with Gasteiger partial charge >= 0.3 is 0 Å². The summed E-state index contributed by atoms with van der Waals surface area (Å²) in [4.78, 5) is 17.3. The zero-order valence-corrected chi connectivity index (χ0v) is 16.0. The number of nitrogens with zero attached hydrogens (tertiary/aromatic N) is 2. The highest BCUT2D eigenvalue weighted by atomic mass is 16.5. The molecule has 140 valence electrons. The van der Waals surface area contributed by atoms with Crippen molar-refractivity contribution in [3.05, 3.63) is 35.1 Å². The van der Waals surface area contributed by atoms with Gasteiger partial charge in [0.15, 0.2) is 0 Å². The third-order valence-electron chi connectivity index (χ3n) is 5.80. The summed E-state index contributed by atoms with van der Waals surface area (Å²) in [6, 6.07) is 4.64. The second-order valence-corrected chi connectivity index (χ2v) is 7.90. The van der Waals surface area contributed by atoms with Gasteiger partial charge in [0, 0.05) is 37.1 Å². The maximum Gasteiger partial charge on any atom is 0.227 e. The molecule has 1 unspecified atom stereocenters. The zero-order valence-electron chi connectivity index (χ0n) is 16.0. The van der Waals surface area contributed by atoms with Gasteiger partial charge in [0.25, 0.3) is 0 Å². The molecule has 4 rings (SSSR count). The Labute approximate surface area is 154 Å². The first-order valence-electron chi connectivity index (χ1n) is 9.63. The largest absolute Gasteiger partial charge is 0.464 e. The first-order chi connectivity index (χ1) is 12.5. The molecule has 1 aromatic heterocycles. The topological polar surface area (TPSA) is 45.9 Å². The van der Waals surface area contributed by atoms with Crippen LogP contribution in [0.3, 0.4) is 0 Å². The van der Waals surface area contributed by atoms with Crippen molar-refractivity contribution in [3.63, 3.8) is 0 Å². The number of rotatable bonds is 3. The van der Waals surface area contributed by atoms with E-state index in [0.29, 0.717) is 18.4 Å². The van der Waals surface area contributed by atoms with Crippen LogP contribution in [0.2, 0.25) is 0 Å². The summed E-state index contributed by atoms with van der Waals surface area (Å²) in [5, 5.41) is 1.08. The number of hydrogen-bond acceptors (Lipinski definition) is 4. The predicted molar refractivity (Wildman–Crippen MR) is 102 cm³/mol. The van der Waals surface area contributed by atoms with Crippen molar-refractivity contribution in [1.29, 1.82) is 0 Å². The molecule has 2 fully saturated rings. The maximum absolute atomic E-state index is 12.9. The van der Waals surface area contributed by atoms with E-state index in [1.54, 1.807) is 6.26 Å². The fraction of sp³-hybridized carbons (Fsp3) is 0.571. The third-order valence-corrected chi connectivity index (χ3v) is 5.80. The van der Waals surface area contributed by atoms with E-state index in [2.05, 4.69) is 37.8 Å². The Hall–Kier alpha value is -1.85. The van der Waals surface area contributed by atoms with Crippen molar-refractivity contribution in [2.45, 2.75) is 39.2 Å². The summed E-state index contributed by atoms with van der Waals surface area (Å²) in [7, 11) is 0. The molecule has 5 nitrogen and oxygen atoms in total. The lowest BCUT2D eigenvalue weighted by molar-refractivity contribution is -0.136. The molecule has 1 amide bonds. The number of carbonyl (C=O) groups excluding carboxylic acids is 1. The average Bonchev–Trinajstić information content (AvgIpc) is 3.02. The molecule has 26 heavy (non-hydrogen) atoms. The van der Waals surface area contributed by atoms with Gasteiger partial charge < -0.3 is 14.1 Å². The van der Waals surface area contributed by atoms with E-state index in [4.69, 9.17) is 9.15 Å². The van der Waals surface area contributed by atoms with Gasteiger partial charge in [-0.2, -0.15) is 0 Å². The third kappa shape index (κ3) is 3.26. The molecule has 2 aliphatic rings. The van der Waals surface area contributed by atoms with Gasteiger partial charge in [-0.25, -0.2) is 0 Å². The van der Waals surface area contributed by atoms with E-state index in [1.165, 1.54) is 11.1 Å². The first kappa shape index (κ1) is 17.6. The molecule has 0 bridgehead atoms. The van der Waals surface area contributed by atoms with Gasteiger partial charge in [0.2, 0.25) is 5.91 Å². The van der Waals surface area contributed by atoms with Crippen LogP contribution in [0.1, 0.15) is 36.5 Å². The van der Waals surface area contributed by atoms with Gasteiger partial charge in [-0.15, -0.1) is 0 Å². The number of fused-ring (bicyclic) bond motifs is 2. The van der Waals surface area contributed by atoms with Crippen LogP contribution >= 0.6 is 0 Å². The Bertz CT molecular complexity index is 811. The molecule has 2 aliphatic heterocycles. The number of morpholine rings is 1. The Kier molecular flexibility index (Phi) is 4.76. The van der Waals surface area contributed by atoms with Crippen molar-refractivity contribution >= 4 is 16.9 Å². The smallest absolute Gasteiger partial charge is 0.227 e. The van der Waals surface area contributed by atoms with Crippen LogP contribution in [-0.4, -0.2) is 61.1 Å². The molecule has 3 heterocycles. The quantitative estimate of drug-likeness (QED) is 0.848. The van der Waals surface area contributed by atoms with E-state index in [-0.39, 0.29) is 5.91 Å². The molecule has 2 aromatic rings. The molecule has 5 heteroatoms. The molecule has 0 aliphatic carbocycles. The Morgan fingerprint density at radius 3 is 2.92 bits per heavy atom. The Morgan fingerprint density at radius 2 is 2.12 bits per heavy atom. The monoisotopic (exact) mass is 356 g/mol. The zero-order chi connectivity index (χ0) is 18.3. The molecule has 0 radical (unpaired) electrons. The number of amides is 1. The standard InChI is InChI=1S/C21H28N2O3/c1-14(2)18-10-19-16(12-26-20(19)8-15(18)3)9-21(24)23-5-4-22-6-7-25-13-17(22)11-23/h8,10,12,14,17H,4-7,9,11,13H2,1-3H3. The van der Waals surface area contributed by atoms with Crippen molar-refractivity contribution in [2.75, 3.05) is 39.4 Å². The minimum atomic E-state index is 0.185. The fourth-order valence-electron chi connectivity index (χ4n) is 4.25. The van der Waals surface area contributed by atoms with Crippen molar-refractivity contribution in [3.8, 4) is 0 Å². The number of carbonyl (C=O) groups is 1. The van der Waals surface area contributed by atoms with Gasteiger partial charge in [0.05, 0.1) is 31.9 Å². The Morgan fingerprint density at radius 1 is 1.27 bits per heavy atom. The number of ether oxygens (including phenoxy) is 1. The van der Waals surface area contributed by atoms with Crippen LogP contribution in [0.4, 0.5) is 0 Å². The van der Waals surface area contributed by atoms with Crippen molar-refractivity contribution in [2.24, 2.45) is 0 Å². The maximum atomic E-state index is 12.9. The van der Waals surface area contributed by atoms with Crippen molar-refractivity contribution < 1.29 is 13.9 Å². The lowest BCUT2D eigenvalue weighted by Crippen LogP contribution is -2.59. The Balaban J connectivity index is 1.51. The summed E-state index contributed by atoms with van der Waals surface area (Å²) < 4.78 is 11.3. The number of aryl methyl sites for hydroxylation is 1. The van der Waals surface area contributed by atoms with E-state index >= 15 is 0 Å². The fourth-order valence-corrected chi connectivity index (χ4v) is 4.25. The lowest BCUT2D eigenvalue weighted by atomic mass is 9.95. The number of piperazine rings is 1. The molecule has 2 saturated heterocycles. The molecule has 0 spiro atoms. The van der Waals surface area contributed by atoms with Crippen LogP contribution in [-0.2, 0) is 16.0 Å². The van der Waals surface area contributed by atoms with Crippen LogP contribution in [0, 0.1) is 6.92 Å². The minimum absolute atomic E-state index is 0.185. The molecule has 1 atom stereocenters. The highest BCUT2D eigenvalue weighted by Crippen LogP contribution is 2.29. The van der Waals surface area contributed by atoms with Gasteiger partial charge in [-0.1, -0.05) is 13.8 Å². The van der Waals surface area contributed by atoms with Gasteiger partial charge in [-0.3, -0.25) is 9.69 Å². The summed E-state index contributed by atoms with van der Waals surface area (Å²) in [6.07, 6.45) is 2.16. The second-order valence-electron chi connectivity index (χ2n) is 7.90. The summed E-state index contributed by atoms with van der Waals surface area (Å²) >= 11 is 0. The molecular weight excluding hydrogens is 328 g/mol. The average molecular weight is 356 g/mol. The predicted octanol–water partition coefficient (Wildman–Crippen LogP) is 2.95. The first-order valence-corrected chi connectivity index (χ1v) is 9.63. The minimum Gasteiger partial charge on any atom is -0.464 e. The van der Waals surface area contributed by atoms with E-state index in [9.17, 15) is 4.79 Å². The van der Waals surface area contributed by atoms with Crippen LogP contribution in [0.25, 0.3) is 11.0 Å². The summed E-state index contributed by atoms with van der Waals surface area (Å²) in [6.45, 7) is 11.6. The number of furan rings is 1. The number of hydrogen-bond donors (Lipinski definition) is 0. The SMILES string of the molecule is Cc1cc2occ(CC(=O)N3CCN4CCOCC4C3)c2cc1C(C)C. The molecule has 0 N–H and O–H groups in total. The lowest BCUT2D eigenvalue weighted by Gasteiger charge is -2.43. The van der Waals surface area contributed by atoms with Gasteiger partial charge in [0.1, 0.15) is 5.58 Å². The second kappa shape index (κ2) is 7.05. The van der Waals surface area contributed by atoms with E-state index < -0.39 is 0 Å². The normalized spacial score (nSPS) is 21.4. The van der Waals surface area contributed by atoms with E-state index in [0.717, 1.165) is 55.9 Å². The van der Waals surface area contributed by atoms with Crippen LogP contribution in [0.15, 0.2) is 22.8 Å². The summed E-state index contributed by atoms with van der Waals surface area (Å²) in [5.41, 5.74) is 4.43. The van der Waals surface area contributed by atoms with Crippen LogP contribution in [0.5, 0.6) is 0 Å². The van der Waals surface area contributed by atoms with E-state index in [1.807, 2.05) is 4.90 Å². The van der Waals surface area contributed by atoms with Gasteiger partial charge in [-0.05, 0) is 36.1 Å². The molecular formula is C21H28N2O3. The molecule has 1 aromatic carbocycles. The highest BCUT2D eigenvalue weighted by molar-refractivity contribution is 5.88. The highest BCUT2D eigenvalue weighted by Gasteiger charge is 2.31. The number of benzene rings is 1. The summed E-state index contributed by atoms with van der Waals surface area (Å²) in [5.74, 6) is 0.641.